The van der Waals surface area contributed by atoms with Crippen molar-refractivity contribution in [3.63, 3.8) is 0 Å². The average molecular weight is 293 g/mol. The molecule has 1 aliphatic heterocycles. The van der Waals surface area contributed by atoms with E-state index in [0.29, 0.717) is 18.5 Å². The number of nitrogens with zero attached hydrogens (tertiary/aromatic N) is 1. The summed E-state index contributed by atoms with van der Waals surface area (Å²) in [7, 11) is 1.99. The molecule has 2 rings (SSSR count). The molecule has 5 heteroatoms. The molecule has 1 fully saturated rings. The van der Waals surface area contributed by atoms with Crippen molar-refractivity contribution in [1.29, 1.82) is 0 Å². The fraction of sp³-hybridized carbons (Fsp3) is 0.562. The van der Waals surface area contributed by atoms with Crippen molar-refractivity contribution < 1.29 is 9.18 Å². The van der Waals surface area contributed by atoms with E-state index in [2.05, 4.69) is 22.5 Å². The molecule has 116 valence electrons. The van der Waals surface area contributed by atoms with Gasteiger partial charge >= 0.3 is 0 Å². The van der Waals surface area contributed by atoms with E-state index in [0.717, 1.165) is 25.9 Å². The van der Waals surface area contributed by atoms with Crippen LogP contribution in [-0.2, 0) is 4.79 Å². The van der Waals surface area contributed by atoms with Crippen LogP contribution in [0.25, 0.3) is 0 Å². The Morgan fingerprint density at radius 3 is 2.86 bits per heavy atom. The zero-order valence-electron chi connectivity index (χ0n) is 12.7. The first kappa shape index (κ1) is 15.9. The largest absolute Gasteiger partial charge is 0.322 e. The third-order valence-electron chi connectivity index (χ3n) is 4.23. The lowest BCUT2D eigenvalue weighted by Crippen LogP contribution is -2.49. The predicted molar refractivity (Wildman–Crippen MR) is 82.7 cm³/mol. The van der Waals surface area contributed by atoms with Crippen LogP contribution in [0.1, 0.15) is 19.8 Å². The minimum absolute atomic E-state index is 0.155. The molecule has 1 aromatic carbocycles. The van der Waals surface area contributed by atoms with E-state index in [9.17, 15) is 9.18 Å². The molecule has 21 heavy (non-hydrogen) atoms. The summed E-state index contributed by atoms with van der Waals surface area (Å²) >= 11 is 0. The molecule has 2 N–H and O–H groups in total. The number of likely N-dealkylation sites (tertiary alicyclic amines) is 1. The van der Waals surface area contributed by atoms with E-state index in [1.807, 2.05) is 7.05 Å². The molecule has 0 bridgehead atoms. The van der Waals surface area contributed by atoms with Crippen molar-refractivity contribution in [2.24, 2.45) is 5.92 Å². The molecule has 0 saturated carbocycles. The van der Waals surface area contributed by atoms with Gasteiger partial charge in [-0.3, -0.25) is 9.69 Å². The lowest BCUT2D eigenvalue weighted by Gasteiger charge is -2.37. The van der Waals surface area contributed by atoms with Crippen LogP contribution in [0.2, 0.25) is 0 Å². The molecule has 0 aliphatic carbocycles. The number of hydrogen-bond acceptors (Lipinski definition) is 3. The molecule has 1 amide bonds. The first-order valence-electron chi connectivity index (χ1n) is 7.58. The van der Waals surface area contributed by atoms with Crippen LogP contribution in [0, 0.1) is 11.7 Å². The van der Waals surface area contributed by atoms with Gasteiger partial charge in [-0.1, -0.05) is 25.5 Å². The Hall–Kier alpha value is -1.46. The van der Waals surface area contributed by atoms with Gasteiger partial charge in [-0.25, -0.2) is 4.39 Å². The molecule has 1 aliphatic rings. The highest BCUT2D eigenvalue weighted by atomic mass is 19.1. The van der Waals surface area contributed by atoms with E-state index in [1.165, 1.54) is 6.07 Å². The minimum atomic E-state index is -0.397. The highest BCUT2D eigenvalue weighted by Gasteiger charge is 2.27. The lowest BCUT2D eigenvalue weighted by atomic mass is 9.90. The van der Waals surface area contributed by atoms with Gasteiger partial charge < -0.3 is 10.6 Å². The maximum absolute atomic E-state index is 13.5. The van der Waals surface area contributed by atoms with Crippen molar-refractivity contribution in [3.8, 4) is 0 Å². The van der Waals surface area contributed by atoms with Gasteiger partial charge in [-0.15, -0.1) is 0 Å². The summed E-state index contributed by atoms with van der Waals surface area (Å²) < 4.78 is 13.5. The second kappa shape index (κ2) is 7.52. The Kier molecular flexibility index (Phi) is 5.70. The monoisotopic (exact) mass is 293 g/mol. The third-order valence-corrected chi connectivity index (χ3v) is 4.23. The number of carbonyl (C=O) groups is 1. The van der Waals surface area contributed by atoms with Gasteiger partial charge in [0.05, 0.1) is 12.2 Å². The number of halogens is 1. The first-order valence-corrected chi connectivity index (χ1v) is 7.58. The number of para-hydroxylation sites is 1. The van der Waals surface area contributed by atoms with Gasteiger partial charge in [0.1, 0.15) is 5.82 Å². The number of amides is 1. The van der Waals surface area contributed by atoms with Crippen LogP contribution < -0.4 is 10.6 Å². The van der Waals surface area contributed by atoms with Crippen molar-refractivity contribution in [1.82, 2.24) is 10.2 Å². The quantitative estimate of drug-likeness (QED) is 0.873. The predicted octanol–water partition coefficient (Wildman–Crippen LogP) is 2.08. The summed E-state index contributed by atoms with van der Waals surface area (Å²) in [6.45, 7) is 4.30. The summed E-state index contributed by atoms with van der Waals surface area (Å²) in [5, 5.41) is 5.99. The number of anilines is 1. The zero-order valence-corrected chi connectivity index (χ0v) is 12.7. The van der Waals surface area contributed by atoms with Gasteiger partial charge in [-0.05, 0) is 31.5 Å². The smallest absolute Gasteiger partial charge is 0.238 e. The first-order chi connectivity index (χ1) is 10.1. The Balaban J connectivity index is 1.87. The standard InChI is InChI=1S/C16H24FN3O/c1-3-12-10-20(9-8-14(12)18-2)11-16(21)19-15-7-5-4-6-13(15)17/h4-7,12,14,18H,3,8-11H2,1-2H3,(H,19,21). The Labute approximate surface area is 125 Å². The van der Waals surface area contributed by atoms with Crippen molar-refractivity contribution in [2.75, 3.05) is 32.0 Å². The Morgan fingerprint density at radius 2 is 2.19 bits per heavy atom. The highest BCUT2D eigenvalue weighted by Crippen LogP contribution is 2.20. The molecule has 0 radical (unpaired) electrons. The van der Waals surface area contributed by atoms with Crippen molar-refractivity contribution in [2.45, 2.75) is 25.8 Å². The maximum Gasteiger partial charge on any atom is 0.238 e. The molecule has 2 atom stereocenters. The summed E-state index contributed by atoms with van der Waals surface area (Å²) in [5.74, 6) is 0.00838. The number of hydrogen-bond donors (Lipinski definition) is 2. The third kappa shape index (κ3) is 4.25. The van der Waals surface area contributed by atoms with E-state index in [-0.39, 0.29) is 11.6 Å². The fourth-order valence-electron chi connectivity index (χ4n) is 3.00. The molecule has 1 heterocycles. The molecule has 0 spiro atoms. The zero-order chi connectivity index (χ0) is 15.2. The van der Waals surface area contributed by atoms with E-state index in [4.69, 9.17) is 0 Å². The highest BCUT2D eigenvalue weighted by molar-refractivity contribution is 5.92. The van der Waals surface area contributed by atoms with Gasteiger partial charge in [-0.2, -0.15) is 0 Å². The molecule has 1 saturated heterocycles. The van der Waals surface area contributed by atoms with Crippen LogP contribution in [-0.4, -0.2) is 43.5 Å². The van der Waals surface area contributed by atoms with Gasteiger partial charge in [0.15, 0.2) is 0 Å². The molecular weight excluding hydrogens is 269 g/mol. The second-order valence-corrected chi connectivity index (χ2v) is 5.62. The lowest BCUT2D eigenvalue weighted by molar-refractivity contribution is -0.117. The SMILES string of the molecule is CCC1CN(CC(=O)Nc2ccccc2F)CCC1NC. The van der Waals surface area contributed by atoms with Crippen molar-refractivity contribution in [3.05, 3.63) is 30.1 Å². The van der Waals surface area contributed by atoms with E-state index in [1.54, 1.807) is 18.2 Å². The van der Waals surface area contributed by atoms with Crippen LogP contribution >= 0.6 is 0 Å². The number of piperidine rings is 1. The molecule has 4 nitrogen and oxygen atoms in total. The van der Waals surface area contributed by atoms with Crippen LogP contribution in [0.15, 0.2) is 24.3 Å². The minimum Gasteiger partial charge on any atom is -0.322 e. The number of nitrogens with one attached hydrogen (secondary N) is 2. The maximum atomic E-state index is 13.5. The van der Waals surface area contributed by atoms with E-state index < -0.39 is 5.82 Å². The van der Waals surface area contributed by atoms with Crippen molar-refractivity contribution >= 4 is 11.6 Å². The number of carbonyl (C=O) groups excluding carboxylic acids is 1. The second-order valence-electron chi connectivity index (χ2n) is 5.62. The summed E-state index contributed by atoms with van der Waals surface area (Å²) in [6, 6.07) is 6.78. The Morgan fingerprint density at radius 1 is 1.43 bits per heavy atom. The molecule has 1 aromatic rings. The summed E-state index contributed by atoms with van der Waals surface area (Å²) in [6.07, 6.45) is 2.14. The van der Waals surface area contributed by atoms with Gasteiger partial charge in [0.25, 0.3) is 0 Å². The average Bonchev–Trinajstić information content (AvgIpc) is 2.49. The molecule has 2 unspecified atom stereocenters. The number of benzene rings is 1. The van der Waals surface area contributed by atoms with Crippen LogP contribution in [0.3, 0.4) is 0 Å². The summed E-state index contributed by atoms with van der Waals surface area (Å²) in [4.78, 5) is 14.2. The van der Waals surface area contributed by atoms with Gasteiger partial charge in [0, 0.05) is 19.1 Å². The van der Waals surface area contributed by atoms with E-state index >= 15 is 0 Å². The fourth-order valence-corrected chi connectivity index (χ4v) is 3.00. The molecular formula is C16H24FN3O. The number of rotatable bonds is 5. The summed E-state index contributed by atoms with van der Waals surface area (Å²) in [5.41, 5.74) is 0.250. The normalized spacial score (nSPS) is 23.0. The Bertz CT molecular complexity index is 480. The van der Waals surface area contributed by atoms with Gasteiger partial charge in [0.2, 0.25) is 5.91 Å². The molecule has 0 aromatic heterocycles. The topological polar surface area (TPSA) is 44.4 Å². The van der Waals surface area contributed by atoms with Crippen LogP contribution in [0.4, 0.5) is 10.1 Å². The van der Waals surface area contributed by atoms with Crippen LogP contribution in [0.5, 0.6) is 0 Å².